The summed E-state index contributed by atoms with van der Waals surface area (Å²) in [5.74, 6) is -0.363. The molecule has 0 radical (unpaired) electrons. The molecule has 2 aromatic rings. The number of halogens is 2. The fourth-order valence-corrected chi connectivity index (χ4v) is 3.55. The molecule has 1 N–H and O–H groups in total. The van der Waals surface area contributed by atoms with Crippen LogP contribution in [0.4, 0.5) is 4.39 Å². The summed E-state index contributed by atoms with van der Waals surface area (Å²) in [4.78, 5) is 2.52. The largest absolute Gasteiger partial charge is 0.306 e. The Hall–Kier alpha value is -0.900. The van der Waals surface area contributed by atoms with Gasteiger partial charge in [-0.2, -0.15) is 0 Å². The van der Waals surface area contributed by atoms with Crippen molar-refractivity contribution in [3.05, 3.63) is 56.0 Å². The molecule has 108 valence electrons. The highest BCUT2D eigenvalue weighted by Gasteiger charge is 2.19. The minimum Gasteiger partial charge on any atom is -0.306 e. The van der Waals surface area contributed by atoms with E-state index >= 15 is 0 Å². The van der Waals surface area contributed by atoms with E-state index in [1.54, 1.807) is 17.4 Å². The molecule has 1 nitrogen and oxygen atoms in total. The summed E-state index contributed by atoms with van der Waals surface area (Å²) in [6, 6.07) is 7.26. The van der Waals surface area contributed by atoms with Gasteiger partial charge in [0.05, 0.1) is 11.1 Å². The third kappa shape index (κ3) is 3.40. The van der Waals surface area contributed by atoms with Gasteiger partial charge < -0.3 is 5.32 Å². The van der Waals surface area contributed by atoms with E-state index in [0.29, 0.717) is 0 Å². The fourth-order valence-electron chi connectivity index (χ4n) is 2.29. The Kier molecular flexibility index (Phi) is 5.19. The quantitative estimate of drug-likeness (QED) is 0.795. The lowest BCUT2D eigenvalue weighted by molar-refractivity contribution is 0.589. The molecule has 0 aliphatic heterocycles. The number of hydrogen-bond acceptors (Lipinski definition) is 2. The van der Waals surface area contributed by atoms with E-state index in [4.69, 9.17) is 11.6 Å². The summed E-state index contributed by atoms with van der Waals surface area (Å²) in [7, 11) is 0. The van der Waals surface area contributed by atoms with Crippen LogP contribution in [0.1, 0.15) is 40.3 Å². The average Bonchev–Trinajstić information content (AvgIpc) is 2.73. The Morgan fingerprint density at radius 3 is 2.60 bits per heavy atom. The maximum Gasteiger partial charge on any atom is 0.142 e. The van der Waals surface area contributed by atoms with E-state index in [1.165, 1.54) is 21.4 Å². The zero-order valence-electron chi connectivity index (χ0n) is 12.0. The molecule has 4 heteroatoms. The number of benzene rings is 1. The highest BCUT2D eigenvalue weighted by molar-refractivity contribution is 7.12. The first-order valence-corrected chi connectivity index (χ1v) is 7.97. The summed E-state index contributed by atoms with van der Waals surface area (Å²) in [6.07, 6.45) is 1.04. The van der Waals surface area contributed by atoms with Crippen molar-refractivity contribution < 1.29 is 4.39 Å². The lowest BCUT2D eigenvalue weighted by Crippen LogP contribution is -2.23. The minimum atomic E-state index is -0.363. The topological polar surface area (TPSA) is 12.0 Å². The monoisotopic (exact) mass is 311 g/mol. The van der Waals surface area contributed by atoms with E-state index < -0.39 is 0 Å². The Bertz CT molecular complexity index is 594. The van der Waals surface area contributed by atoms with E-state index in [1.807, 2.05) is 6.07 Å². The lowest BCUT2D eigenvalue weighted by Gasteiger charge is -2.19. The van der Waals surface area contributed by atoms with Crippen molar-refractivity contribution in [1.29, 1.82) is 0 Å². The second-order valence-electron chi connectivity index (χ2n) is 4.96. The zero-order chi connectivity index (χ0) is 14.7. The molecular weight excluding hydrogens is 293 g/mol. The minimum absolute atomic E-state index is 0.0282. The zero-order valence-corrected chi connectivity index (χ0v) is 13.5. The van der Waals surface area contributed by atoms with Crippen LogP contribution in [-0.4, -0.2) is 6.54 Å². The highest BCUT2D eigenvalue weighted by atomic mass is 35.5. The molecule has 1 aromatic carbocycles. The maximum absolute atomic E-state index is 13.7. The lowest BCUT2D eigenvalue weighted by atomic mass is 10.0. The molecule has 0 saturated carbocycles. The van der Waals surface area contributed by atoms with Gasteiger partial charge in [0, 0.05) is 9.75 Å². The van der Waals surface area contributed by atoms with Crippen molar-refractivity contribution in [3.8, 4) is 0 Å². The van der Waals surface area contributed by atoms with Gasteiger partial charge in [-0.25, -0.2) is 4.39 Å². The summed E-state index contributed by atoms with van der Waals surface area (Å²) in [6.45, 7) is 7.22. The molecule has 0 aliphatic carbocycles. The first-order chi connectivity index (χ1) is 9.52. The van der Waals surface area contributed by atoms with Crippen LogP contribution in [0.25, 0.3) is 0 Å². The average molecular weight is 312 g/mol. The summed E-state index contributed by atoms with van der Waals surface area (Å²) < 4.78 is 13.7. The maximum atomic E-state index is 13.7. The highest BCUT2D eigenvalue weighted by Crippen LogP contribution is 2.33. The SMILES string of the molecule is CCCNC(c1ccc(Cl)c(F)c1)c1sc(C)cc1C. The molecule has 1 aromatic heterocycles. The van der Waals surface area contributed by atoms with E-state index in [0.717, 1.165) is 18.5 Å². The van der Waals surface area contributed by atoms with Gasteiger partial charge in [-0.05, 0) is 56.1 Å². The second kappa shape index (κ2) is 6.70. The molecule has 20 heavy (non-hydrogen) atoms. The Morgan fingerprint density at radius 2 is 2.05 bits per heavy atom. The van der Waals surface area contributed by atoms with Gasteiger partial charge in [-0.3, -0.25) is 0 Å². The van der Waals surface area contributed by atoms with Crippen LogP contribution >= 0.6 is 22.9 Å². The normalized spacial score (nSPS) is 12.7. The van der Waals surface area contributed by atoms with Gasteiger partial charge in [-0.15, -0.1) is 11.3 Å². The molecule has 0 amide bonds. The van der Waals surface area contributed by atoms with Crippen LogP contribution in [0, 0.1) is 19.7 Å². The predicted molar refractivity (Wildman–Crippen MR) is 85.3 cm³/mol. The molecule has 1 heterocycles. The summed E-state index contributed by atoms with van der Waals surface area (Å²) >= 11 is 7.54. The Morgan fingerprint density at radius 1 is 1.30 bits per heavy atom. The predicted octanol–water partition coefficient (Wildman–Crippen LogP) is 5.25. The molecule has 0 bridgehead atoms. The van der Waals surface area contributed by atoms with E-state index in [9.17, 15) is 4.39 Å². The fraction of sp³-hybridized carbons (Fsp3) is 0.375. The molecule has 0 spiro atoms. The number of aryl methyl sites for hydroxylation is 2. The van der Waals surface area contributed by atoms with Crippen molar-refractivity contribution in [2.24, 2.45) is 0 Å². The van der Waals surface area contributed by atoms with Crippen molar-refractivity contribution in [3.63, 3.8) is 0 Å². The summed E-state index contributed by atoms with van der Waals surface area (Å²) in [5.41, 5.74) is 2.17. The van der Waals surface area contributed by atoms with Crippen LogP contribution in [0.5, 0.6) is 0 Å². The van der Waals surface area contributed by atoms with Gasteiger partial charge in [0.2, 0.25) is 0 Å². The number of hydrogen-bond donors (Lipinski definition) is 1. The van der Waals surface area contributed by atoms with Crippen LogP contribution in [0.3, 0.4) is 0 Å². The molecule has 0 aliphatic rings. The van der Waals surface area contributed by atoms with Crippen molar-refractivity contribution >= 4 is 22.9 Å². The second-order valence-corrected chi connectivity index (χ2v) is 6.66. The van der Waals surface area contributed by atoms with E-state index in [-0.39, 0.29) is 16.9 Å². The third-order valence-corrected chi connectivity index (χ3v) is 4.74. The summed E-state index contributed by atoms with van der Waals surface area (Å²) in [5, 5.41) is 3.67. The van der Waals surface area contributed by atoms with Crippen LogP contribution in [0.2, 0.25) is 5.02 Å². The van der Waals surface area contributed by atoms with Gasteiger partial charge >= 0.3 is 0 Å². The van der Waals surface area contributed by atoms with Crippen molar-refractivity contribution in [1.82, 2.24) is 5.32 Å². The molecular formula is C16H19ClFNS. The smallest absolute Gasteiger partial charge is 0.142 e. The molecule has 1 atom stereocenters. The van der Waals surface area contributed by atoms with Crippen molar-refractivity contribution in [2.75, 3.05) is 6.54 Å². The first kappa shape index (κ1) is 15.5. The van der Waals surface area contributed by atoms with Crippen LogP contribution < -0.4 is 5.32 Å². The molecule has 1 unspecified atom stereocenters. The molecule has 0 saturated heterocycles. The Balaban J connectivity index is 2.41. The van der Waals surface area contributed by atoms with Gasteiger partial charge in [0.15, 0.2) is 0 Å². The first-order valence-electron chi connectivity index (χ1n) is 6.78. The van der Waals surface area contributed by atoms with Crippen LogP contribution in [-0.2, 0) is 0 Å². The number of nitrogens with one attached hydrogen (secondary N) is 1. The number of thiophene rings is 1. The molecule has 0 fully saturated rings. The number of rotatable bonds is 5. The van der Waals surface area contributed by atoms with Gasteiger partial charge in [0.1, 0.15) is 5.82 Å². The third-order valence-electron chi connectivity index (χ3n) is 3.22. The van der Waals surface area contributed by atoms with Gasteiger partial charge in [-0.1, -0.05) is 24.6 Å². The van der Waals surface area contributed by atoms with Crippen LogP contribution in [0.15, 0.2) is 24.3 Å². The van der Waals surface area contributed by atoms with Gasteiger partial charge in [0.25, 0.3) is 0 Å². The molecule has 2 rings (SSSR count). The standard InChI is InChI=1S/C16H19ClFNS/c1-4-7-19-15(16-10(2)8-11(3)20-16)12-5-6-13(17)14(18)9-12/h5-6,8-9,15,19H,4,7H2,1-3H3. The Labute approximate surface area is 128 Å². The van der Waals surface area contributed by atoms with E-state index in [2.05, 4.69) is 32.2 Å². The van der Waals surface area contributed by atoms with Crippen molar-refractivity contribution in [2.45, 2.75) is 33.2 Å².